The van der Waals surface area contributed by atoms with E-state index in [0.29, 0.717) is 32.5 Å². The summed E-state index contributed by atoms with van der Waals surface area (Å²) in [6, 6.07) is 9.57. The van der Waals surface area contributed by atoms with Crippen LogP contribution in [0.25, 0.3) is 5.69 Å². The van der Waals surface area contributed by atoms with Crippen LogP contribution in [0.3, 0.4) is 0 Å². The molecule has 0 saturated heterocycles. The van der Waals surface area contributed by atoms with Crippen LogP contribution in [0.5, 0.6) is 11.5 Å². The standard InChI is InChI=1S/C23H23BrN4O4S/c1-6-9-32-22-19(24)11-17(12-20(22)31-5)21(13-27(29)30)33-23-26-25-16(4)28(23)18-8-7-14(2)15(3)10-18/h1,7-8,10-12,21H,9,13H2,2-5H3/t21-/m1/s1. The van der Waals surface area contributed by atoms with Crippen molar-refractivity contribution < 1.29 is 14.4 Å². The van der Waals surface area contributed by atoms with Crippen molar-refractivity contribution in [3.63, 3.8) is 0 Å². The Balaban J connectivity index is 2.03. The normalized spacial score (nSPS) is 11.6. The number of aromatic nitrogens is 3. The SMILES string of the molecule is C#CCOc1c(Br)cc([C@@H](C[N+](=O)[O-])Sc2nnc(C)n2-c2ccc(C)c(C)c2)cc1OC. The number of terminal acetylenes is 1. The highest BCUT2D eigenvalue weighted by atomic mass is 79.9. The van der Waals surface area contributed by atoms with Gasteiger partial charge in [0.15, 0.2) is 16.7 Å². The van der Waals surface area contributed by atoms with E-state index in [4.69, 9.17) is 15.9 Å². The smallest absolute Gasteiger partial charge is 0.220 e. The Morgan fingerprint density at radius 3 is 2.64 bits per heavy atom. The van der Waals surface area contributed by atoms with Gasteiger partial charge in [0.2, 0.25) is 6.54 Å². The lowest BCUT2D eigenvalue weighted by atomic mass is 10.1. The Hall–Kier alpha value is -3.03. The molecule has 0 N–H and O–H groups in total. The molecule has 1 atom stereocenters. The van der Waals surface area contributed by atoms with Crippen LogP contribution in [-0.2, 0) is 0 Å². The van der Waals surface area contributed by atoms with Gasteiger partial charge in [0.1, 0.15) is 17.7 Å². The molecule has 2 aromatic carbocycles. The monoisotopic (exact) mass is 530 g/mol. The molecular weight excluding hydrogens is 508 g/mol. The average Bonchev–Trinajstić information content (AvgIpc) is 3.13. The highest BCUT2D eigenvalue weighted by Gasteiger charge is 2.26. The summed E-state index contributed by atoms with van der Waals surface area (Å²) in [5.41, 5.74) is 3.89. The first-order valence-electron chi connectivity index (χ1n) is 9.97. The number of halogens is 1. The number of nitrogens with zero attached hydrogens (tertiary/aromatic N) is 4. The molecule has 1 aromatic heterocycles. The van der Waals surface area contributed by atoms with Crippen molar-refractivity contribution >= 4 is 27.7 Å². The van der Waals surface area contributed by atoms with Gasteiger partial charge >= 0.3 is 0 Å². The summed E-state index contributed by atoms with van der Waals surface area (Å²) in [6.45, 7) is 5.69. The Morgan fingerprint density at radius 2 is 2.00 bits per heavy atom. The van der Waals surface area contributed by atoms with E-state index < -0.39 is 5.25 Å². The second-order valence-electron chi connectivity index (χ2n) is 7.28. The number of ether oxygens (including phenoxy) is 2. The highest BCUT2D eigenvalue weighted by Crippen LogP contribution is 2.43. The van der Waals surface area contributed by atoms with Crippen LogP contribution in [-0.4, -0.2) is 39.9 Å². The van der Waals surface area contributed by atoms with Gasteiger partial charge in [-0.2, -0.15) is 0 Å². The molecule has 0 aliphatic carbocycles. The lowest BCUT2D eigenvalue weighted by Crippen LogP contribution is -2.12. The number of rotatable bonds is 9. The van der Waals surface area contributed by atoms with Crippen molar-refractivity contribution in [2.45, 2.75) is 31.2 Å². The van der Waals surface area contributed by atoms with Crippen LogP contribution >= 0.6 is 27.7 Å². The topological polar surface area (TPSA) is 92.3 Å². The number of aryl methyl sites for hydroxylation is 3. The van der Waals surface area contributed by atoms with E-state index in [1.54, 1.807) is 12.1 Å². The maximum absolute atomic E-state index is 11.5. The van der Waals surface area contributed by atoms with Gasteiger partial charge in [0, 0.05) is 10.6 Å². The molecule has 172 valence electrons. The number of methoxy groups -OCH3 is 1. The van der Waals surface area contributed by atoms with Crippen LogP contribution in [0.15, 0.2) is 40.0 Å². The quantitative estimate of drug-likeness (QED) is 0.165. The van der Waals surface area contributed by atoms with E-state index in [9.17, 15) is 10.1 Å². The fourth-order valence-corrected chi connectivity index (χ4v) is 4.96. The number of hydrogen-bond donors (Lipinski definition) is 0. The predicted molar refractivity (Wildman–Crippen MR) is 131 cm³/mol. The van der Waals surface area contributed by atoms with Crippen LogP contribution in [0.2, 0.25) is 0 Å². The van der Waals surface area contributed by atoms with Crippen molar-refractivity contribution in [1.82, 2.24) is 14.8 Å². The lowest BCUT2D eigenvalue weighted by molar-refractivity contribution is -0.479. The van der Waals surface area contributed by atoms with Crippen LogP contribution < -0.4 is 9.47 Å². The number of hydrogen-bond acceptors (Lipinski definition) is 7. The Labute approximate surface area is 205 Å². The first kappa shape index (κ1) is 24.6. The molecule has 0 amide bonds. The maximum atomic E-state index is 11.5. The van der Waals surface area contributed by atoms with Crippen molar-refractivity contribution in [1.29, 1.82) is 0 Å². The summed E-state index contributed by atoms with van der Waals surface area (Å²) in [7, 11) is 1.50. The van der Waals surface area contributed by atoms with Crippen LogP contribution in [0.1, 0.15) is 27.8 Å². The Morgan fingerprint density at radius 1 is 1.24 bits per heavy atom. The van der Waals surface area contributed by atoms with Gasteiger partial charge in [-0.15, -0.1) is 16.6 Å². The van der Waals surface area contributed by atoms with Crippen molar-refractivity contribution in [3.05, 3.63) is 67.4 Å². The van der Waals surface area contributed by atoms with Gasteiger partial charge in [0.25, 0.3) is 0 Å². The zero-order valence-electron chi connectivity index (χ0n) is 18.7. The van der Waals surface area contributed by atoms with Crippen molar-refractivity contribution in [2.75, 3.05) is 20.3 Å². The largest absolute Gasteiger partial charge is 0.493 e. The number of benzene rings is 2. The molecule has 0 spiro atoms. The van der Waals surface area contributed by atoms with E-state index in [-0.39, 0.29) is 18.1 Å². The molecule has 33 heavy (non-hydrogen) atoms. The molecule has 0 radical (unpaired) electrons. The summed E-state index contributed by atoms with van der Waals surface area (Å²) in [5, 5.41) is 20.1. The van der Waals surface area contributed by atoms with Gasteiger partial charge in [0.05, 0.1) is 11.6 Å². The fourth-order valence-electron chi connectivity index (χ4n) is 3.23. The molecule has 0 saturated carbocycles. The fraction of sp³-hybridized carbons (Fsp3) is 0.304. The minimum absolute atomic E-state index is 0.0692. The van der Waals surface area contributed by atoms with Crippen LogP contribution in [0.4, 0.5) is 0 Å². The van der Waals surface area contributed by atoms with Gasteiger partial charge in [-0.1, -0.05) is 23.7 Å². The zero-order valence-corrected chi connectivity index (χ0v) is 21.1. The first-order chi connectivity index (χ1) is 15.7. The third-order valence-corrected chi connectivity index (χ3v) is 6.80. The lowest BCUT2D eigenvalue weighted by Gasteiger charge is -2.18. The summed E-state index contributed by atoms with van der Waals surface area (Å²) in [4.78, 5) is 11.2. The van der Waals surface area contributed by atoms with E-state index in [2.05, 4.69) is 38.1 Å². The molecular formula is C23H23BrN4O4S. The maximum Gasteiger partial charge on any atom is 0.220 e. The molecule has 3 aromatic rings. The minimum atomic E-state index is -0.555. The summed E-state index contributed by atoms with van der Waals surface area (Å²) in [6.07, 6.45) is 5.29. The zero-order chi connectivity index (χ0) is 24.1. The Bertz CT molecular complexity index is 1220. The van der Waals surface area contributed by atoms with E-state index in [1.165, 1.54) is 24.4 Å². The van der Waals surface area contributed by atoms with Crippen LogP contribution in [0, 0.1) is 43.2 Å². The summed E-state index contributed by atoms with van der Waals surface area (Å²) >= 11 is 4.75. The first-order valence-corrected chi connectivity index (χ1v) is 11.6. The Kier molecular flexibility index (Phi) is 8.00. The minimum Gasteiger partial charge on any atom is -0.493 e. The molecule has 1 heterocycles. The van der Waals surface area contributed by atoms with Gasteiger partial charge < -0.3 is 9.47 Å². The predicted octanol–water partition coefficient (Wildman–Crippen LogP) is 5.09. The molecule has 0 aliphatic heterocycles. The van der Waals surface area contributed by atoms with E-state index in [1.807, 2.05) is 37.5 Å². The van der Waals surface area contributed by atoms with Crippen molar-refractivity contribution in [3.8, 4) is 29.5 Å². The molecule has 0 aliphatic rings. The second kappa shape index (κ2) is 10.7. The molecule has 0 bridgehead atoms. The molecule has 8 nitrogen and oxygen atoms in total. The summed E-state index contributed by atoms with van der Waals surface area (Å²) in [5.74, 6) is 3.97. The van der Waals surface area contributed by atoms with E-state index in [0.717, 1.165) is 11.3 Å². The van der Waals surface area contributed by atoms with Gasteiger partial charge in [-0.25, -0.2) is 0 Å². The molecule has 10 heteroatoms. The molecule has 0 fully saturated rings. The second-order valence-corrected chi connectivity index (χ2v) is 9.31. The van der Waals surface area contributed by atoms with Gasteiger partial charge in [-0.05, 0) is 77.7 Å². The number of thioether (sulfide) groups is 1. The van der Waals surface area contributed by atoms with Gasteiger partial charge in [-0.3, -0.25) is 14.7 Å². The molecule has 3 rings (SSSR count). The number of nitro groups is 1. The van der Waals surface area contributed by atoms with Crippen molar-refractivity contribution in [2.24, 2.45) is 0 Å². The average molecular weight is 531 g/mol. The molecule has 0 unspecified atom stereocenters. The third kappa shape index (κ3) is 5.67. The third-order valence-electron chi connectivity index (χ3n) is 5.03. The summed E-state index contributed by atoms with van der Waals surface area (Å²) < 4.78 is 13.5. The van der Waals surface area contributed by atoms with E-state index >= 15 is 0 Å². The highest BCUT2D eigenvalue weighted by molar-refractivity contribution is 9.10.